The molecule has 0 unspecified atom stereocenters. The first-order chi connectivity index (χ1) is 17.0. The van der Waals surface area contributed by atoms with Crippen molar-refractivity contribution in [1.29, 1.82) is 0 Å². The summed E-state index contributed by atoms with van der Waals surface area (Å²) in [6, 6.07) is 16.3. The van der Waals surface area contributed by atoms with Gasteiger partial charge in [0.1, 0.15) is 13.2 Å². The standard InChI is InChI=1S/C27H32N2O6/c30-14-13-29(16-25(31)32)26(33)19-8-2-1-7-18(19)15-28-27(34)35-17-24-22-11-5-3-9-20(22)21-10-4-6-12-23(21)24/h3-6,9-12,18-19,24,30H,1-2,7-8,13-17H2,(H,28,34)(H,31,32)/t18-,19-/m0/s1. The number of carboxylic acid groups (broad SMARTS) is 1. The highest BCUT2D eigenvalue weighted by Gasteiger charge is 2.35. The topological polar surface area (TPSA) is 116 Å². The third-order valence-electron chi connectivity index (χ3n) is 7.09. The Balaban J connectivity index is 1.35. The number of nitrogens with one attached hydrogen (secondary N) is 1. The number of hydrogen-bond acceptors (Lipinski definition) is 5. The maximum atomic E-state index is 13.0. The minimum Gasteiger partial charge on any atom is -0.480 e. The van der Waals surface area contributed by atoms with Crippen molar-refractivity contribution in [3.05, 3.63) is 59.7 Å². The van der Waals surface area contributed by atoms with E-state index in [1.165, 1.54) is 4.90 Å². The molecule has 1 saturated carbocycles. The van der Waals surface area contributed by atoms with Crippen molar-refractivity contribution in [3.8, 4) is 11.1 Å². The molecule has 4 rings (SSSR count). The van der Waals surface area contributed by atoms with Gasteiger partial charge in [0.25, 0.3) is 0 Å². The summed E-state index contributed by atoms with van der Waals surface area (Å²) in [6.07, 6.45) is 2.69. The van der Waals surface area contributed by atoms with Gasteiger partial charge in [-0.25, -0.2) is 4.79 Å². The van der Waals surface area contributed by atoms with E-state index in [9.17, 15) is 19.5 Å². The minimum atomic E-state index is -1.11. The van der Waals surface area contributed by atoms with Crippen molar-refractivity contribution in [3.63, 3.8) is 0 Å². The molecular weight excluding hydrogens is 448 g/mol. The van der Waals surface area contributed by atoms with Gasteiger partial charge in [-0.15, -0.1) is 0 Å². The maximum absolute atomic E-state index is 13.0. The zero-order chi connectivity index (χ0) is 24.8. The van der Waals surface area contributed by atoms with Crippen LogP contribution in [0.1, 0.15) is 42.7 Å². The third-order valence-corrected chi connectivity index (χ3v) is 7.09. The van der Waals surface area contributed by atoms with E-state index in [-0.39, 0.29) is 50.0 Å². The van der Waals surface area contributed by atoms with Crippen molar-refractivity contribution >= 4 is 18.0 Å². The van der Waals surface area contributed by atoms with Crippen molar-refractivity contribution in [2.75, 3.05) is 32.8 Å². The van der Waals surface area contributed by atoms with Crippen LogP contribution in [-0.2, 0) is 14.3 Å². The zero-order valence-corrected chi connectivity index (χ0v) is 19.7. The lowest BCUT2D eigenvalue weighted by atomic mass is 9.78. The highest BCUT2D eigenvalue weighted by atomic mass is 16.5. The molecule has 2 aromatic carbocycles. The molecule has 0 spiro atoms. The fraction of sp³-hybridized carbons (Fsp3) is 0.444. The summed E-state index contributed by atoms with van der Waals surface area (Å²) in [5.74, 6) is -1.91. The smallest absolute Gasteiger partial charge is 0.407 e. The van der Waals surface area contributed by atoms with Crippen LogP contribution in [0, 0.1) is 11.8 Å². The fourth-order valence-electron chi connectivity index (χ4n) is 5.43. The number of ether oxygens (including phenoxy) is 1. The molecular formula is C27H32N2O6. The van der Waals surface area contributed by atoms with E-state index in [4.69, 9.17) is 9.84 Å². The van der Waals surface area contributed by atoms with Gasteiger partial charge < -0.3 is 25.2 Å². The van der Waals surface area contributed by atoms with Gasteiger partial charge in [0.05, 0.1) is 6.61 Å². The molecule has 2 amide bonds. The van der Waals surface area contributed by atoms with E-state index in [0.717, 1.165) is 41.5 Å². The van der Waals surface area contributed by atoms with Crippen LogP contribution in [0.2, 0.25) is 0 Å². The monoisotopic (exact) mass is 480 g/mol. The number of carbonyl (C=O) groups excluding carboxylic acids is 2. The molecule has 0 heterocycles. The van der Waals surface area contributed by atoms with Gasteiger partial charge in [-0.3, -0.25) is 9.59 Å². The first kappa shape index (κ1) is 24.7. The fourth-order valence-corrected chi connectivity index (χ4v) is 5.43. The molecule has 8 nitrogen and oxygen atoms in total. The lowest BCUT2D eigenvalue weighted by Gasteiger charge is -2.34. The van der Waals surface area contributed by atoms with E-state index in [1.54, 1.807) is 0 Å². The predicted molar refractivity (Wildman–Crippen MR) is 130 cm³/mol. The lowest BCUT2D eigenvalue weighted by molar-refractivity contribution is -0.148. The number of benzene rings is 2. The Morgan fingerprint density at radius 2 is 1.60 bits per heavy atom. The SMILES string of the molecule is O=C(O)CN(CCO)C(=O)[C@H]1CCCC[C@H]1CNC(=O)OCC1c2ccccc2-c2ccccc21. The molecule has 35 heavy (non-hydrogen) atoms. The summed E-state index contributed by atoms with van der Waals surface area (Å²) in [6.45, 7) is -0.256. The highest BCUT2D eigenvalue weighted by molar-refractivity contribution is 5.83. The normalized spacial score (nSPS) is 18.9. The van der Waals surface area contributed by atoms with E-state index >= 15 is 0 Å². The van der Waals surface area contributed by atoms with E-state index < -0.39 is 18.6 Å². The average molecular weight is 481 g/mol. The van der Waals surface area contributed by atoms with Crippen LogP contribution in [0.3, 0.4) is 0 Å². The minimum absolute atomic E-state index is 0.0197. The number of carbonyl (C=O) groups is 3. The van der Waals surface area contributed by atoms with Crippen molar-refractivity contribution in [2.24, 2.45) is 11.8 Å². The number of aliphatic hydroxyl groups excluding tert-OH is 1. The largest absolute Gasteiger partial charge is 0.480 e. The van der Waals surface area contributed by atoms with E-state index in [0.29, 0.717) is 6.42 Å². The number of alkyl carbamates (subject to hydrolysis) is 1. The third kappa shape index (κ3) is 5.65. The zero-order valence-electron chi connectivity index (χ0n) is 19.7. The Bertz CT molecular complexity index is 1030. The Kier molecular flexibility index (Phi) is 8.02. The Morgan fingerprint density at radius 1 is 0.971 bits per heavy atom. The van der Waals surface area contributed by atoms with Gasteiger partial charge >= 0.3 is 12.1 Å². The predicted octanol–water partition coefficient (Wildman–Crippen LogP) is 3.24. The summed E-state index contributed by atoms with van der Waals surface area (Å²) in [5.41, 5.74) is 4.60. The first-order valence-electron chi connectivity index (χ1n) is 12.2. The van der Waals surface area contributed by atoms with Gasteiger partial charge in [0.15, 0.2) is 0 Å². The second-order valence-corrected chi connectivity index (χ2v) is 9.23. The second-order valence-electron chi connectivity index (χ2n) is 9.23. The first-order valence-corrected chi connectivity index (χ1v) is 12.2. The number of aliphatic carboxylic acids is 1. The number of fused-ring (bicyclic) bond motifs is 3. The van der Waals surface area contributed by atoms with E-state index in [2.05, 4.69) is 29.6 Å². The van der Waals surface area contributed by atoms with Crippen molar-refractivity contribution in [1.82, 2.24) is 10.2 Å². The van der Waals surface area contributed by atoms with Crippen LogP contribution >= 0.6 is 0 Å². The molecule has 2 aliphatic carbocycles. The lowest BCUT2D eigenvalue weighted by Crippen LogP contribution is -2.46. The number of nitrogens with zero attached hydrogens (tertiary/aromatic N) is 1. The summed E-state index contributed by atoms with van der Waals surface area (Å²) in [7, 11) is 0. The van der Waals surface area contributed by atoms with Crippen LogP contribution < -0.4 is 5.32 Å². The van der Waals surface area contributed by atoms with Gasteiger partial charge in [-0.1, -0.05) is 61.4 Å². The Labute approximate surface area is 204 Å². The van der Waals surface area contributed by atoms with Gasteiger partial charge in [0.2, 0.25) is 5.91 Å². The van der Waals surface area contributed by atoms with Gasteiger partial charge in [-0.2, -0.15) is 0 Å². The molecule has 0 aliphatic heterocycles. The average Bonchev–Trinajstić information content (AvgIpc) is 3.19. The molecule has 2 atom stereocenters. The quantitative estimate of drug-likeness (QED) is 0.507. The molecule has 0 saturated heterocycles. The molecule has 0 aromatic heterocycles. The number of hydrogen-bond donors (Lipinski definition) is 3. The molecule has 2 aromatic rings. The molecule has 2 aliphatic rings. The number of aliphatic hydroxyl groups is 1. The molecule has 3 N–H and O–H groups in total. The summed E-state index contributed by atoms with van der Waals surface area (Å²) in [4.78, 5) is 38.0. The summed E-state index contributed by atoms with van der Waals surface area (Å²) in [5, 5.41) is 21.2. The molecule has 8 heteroatoms. The number of amides is 2. The van der Waals surface area contributed by atoms with Crippen molar-refractivity contribution < 1.29 is 29.3 Å². The highest BCUT2D eigenvalue weighted by Crippen LogP contribution is 2.44. The van der Waals surface area contributed by atoms with Crippen LogP contribution in [0.4, 0.5) is 4.79 Å². The molecule has 0 radical (unpaired) electrons. The molecule has 186 valence electrons. The number of carboxylic acids is 1. The van der Waals surface area contributed by atoms with Crippen LogP contribution in [0.15, 0.2) is 48.5 Å². The Hall–Kier alpha value is -3.39. The molecule has 0 bridgehead atoms. The summed E-state index contributed by atoms with van der Waals surface area (Å²) < 4.78 is 5.61. The maximum Gasteiger partial charge on any atom is 0.407 e. The van der Waals surface area contributed by atoms with E-state index in [1.807, 2.05) is 24.3 Å². The Morgan fingerprint density at radius 3 is 2.23 bits per heavy atom. The van der Waals surface area contributed by atoms with Crippen LogP contribution in [0.5, 0.6) is 0 Å². The summed E-state index contributed by atoms with van der Waals surface area (Å²) >= 11 is 0. The van der Waals surface area contributed by atoms with Crippen LogP contribution in [-0.4, -0.2) is 65.9 Å². The second kappa shape index (κ2) is 11.4. The number of rotatable bonds is 9. The van der Waals surface area contributed by atoms with Gasteiger partial charge in [0, 0.05) is 24.9 Å². The van der Waals surface area contributed by atoms with Gasteiger partial charge in [-0.05, 0) is 41.0 Å². The molecule has 1 fully saturated rings. The van der Waals surface area contributed by atoms with Crippen LogP contribution in [0.25, 0.3) is 11.1 Å². The van der Waals surface area contributed by atoms with Crippen molar-refractivity contribution in [2.45, 2.75) is 31.6 Å².